The fourth-order valence-electron chi connectivity index (χ4n) is 2.96. The summed E-state index contributed by atoms with van der Waals surface area (Å²) >= 11 is 12.3. The molecule has 0 saturated heterocycles. The van der Waals surface area contributed by atoms with Crippen LogP contribution < -0.4 is 4.74 Å². The van der Waals surface area contributed by atoms with E-state index in [-0.39, 0.29) is 11.4 Å². The van der Waals surface area contributed by atoms with E-state index in [1.54, 1.807) is 30.5 Å². The van der Waals surface area contributed by atoms with Crippen LogP contribution in [0, 0.1) is 0 Å². The fraction of sp³-hybridized carbons (Fsp3) is 0.111. The van der Waals surface area contributed by atoms with Crippen LogP contribution >= 0.6 is 23.2 Å². The maximum atomic E-state index is 13.3. The van der Waals surface area contributed by atoms with E-state index >= 15 is 0 Å². The van der Waals surface area contributed by atoms with E-state index in [9.17, 15) is 13.2 Å². The van der Waals surface area contributed by atoms with Crippen molar-refractivity contribution in [2.45, 2.75) is 6.18 Å². The van der Waals surface area contributed by atoms with Gasteiger partial charge in [-0.25, -0.2) is 0 Å². The molecule has 138 valence electrons. The predicted molar refractivity (Wildman–Crippen MR) is 97.5 cm³/mol. The monoisotopic (exact) mass is 411 g/mol. The molecule has 0 saturated carbocycles. The lowest BCUT2D eigenvalue weighted by Crippen LogP contribution is -2.07. The van der Waals surface area contributed by atoms with Crippen molar-refractivity contribution in [1.29, 1.82) is 0 Å². The van der Waals surface area contributed by atoms with Crippen LogP contribution in [0.1, 0.15) is 5.69 Å². The number of methoxy groups -OCH3 is 1. The van der Waals surface area contributed by atoms with Gasteiger partial charge in [0.15, 0.2) is 5.69 Å². The number of benzene rings is 1. The number of nitrogens with zero attached hydrogens (tertiary/aromatic N) is 3. The molecule has 0 bridgehead atoms. The number of halogens is 5. The van der Waals surface area contributed by atoms with Crippen molar-refractivity contribution in [3.63, 3.8) is 0 Å². The molecule has 3 heterocycles. The Morgan fingerprint density at radius 1 is 1.07 bits per heavy atom. The summed E-state index contributed by atoms with van der Waals surface area (Å²) in [4.78, 5) is 4.02. The smallest absolute Gasteiger partial charge is 0.436 e. The quantitative estimate of drug-likeness (QED) is 0.413. The highest BCUT2D eigenvalue weighted by Crippen LogP contribution is 2.41. The van der Waals surface area contributed by atoms with E-state index in [0.29, 0.717) is 16.1 Å². The molecule has 1 aromatic carbocycles. The number of fused-ring (bicyclic) bond motifs is 2. The topological polar surface area (TPSA) is 39.4 Å². The van der Waals surface area contributed by atoms with Crippen LogP contribution in [-0.4, -0.2) is 21.7 Å². The van der Waals surface area contributed by atoms with Crippen LogP contribution in [0.15, 0.2) is 42.7 Å². The van der Waals surface area contributed by atoms with Crippen LogP contribution in [0.5, 0.6) is 5.88 Å². The summed E-state index contributed by atoms with van der Waals surface area (Å²) in [6.07, 6.45) is -1.53. The van der Waals surface area contributed by atoms with Crippen molar-refractivity contribution in [2.24, 2.45) is 0 Å². The molecule has 0 aliphatic rings. The molecule has 0 atom stereocenters. The molecule has 9 heteroatoms. The first-order valence-electron chi connectivity index (χ1n) is 7.67. The zero-order valence-electron chi connectivity index (χ0n) is 13.7. The van der Waals surface area contributed by atoms with E-state index < -0.39 is 16.9 Å². The lowest BCUT2D eigenvalue weighted by atomic mass is 10.0. The Kier molecular flexibility index (Phi) is 4.16. The highest BCUT2D eigenvalue weighted by molar-refractivity contribution is 6.36. The summed E-state index contributed by atoms with van der Waals surface area (Å²) in [6.45, 7) is 0. The molecule has 0 spiro atoms. The molecule has 0 aliphatic heterocycles. The average Bonchev–Trinajstić information content (AvgIpc) is 2.99. The van der Waals surface area contributed by atoms with E-state index in [0.717, 1.165) is 15.3 Å². The third-order valence-electron chi connectivity index (χ3n) is 4.18. The average molecular weight is 412 g/mol. The third kappa shape index (κ3) is 2.87. The lowest BCUT2D eigenvalue weighted by Gasteiger charge is -2.10. The van der Waals surface area contributed by atoms with Crippen LogP contribution in [0.2, 0.25) is 10.0 Å². The number of ether oxygens (including phenoxy) is 1. The van der Waals surface area contributed by atoms with E-state index in [2.05, 4.69) is 10.1 Å². The van der Waals surface area contributed by atoms with Crippen LogP contribution in [0.25, 0.3) is 27.4 Å². The number of rotatable bonds is 2. The van der Waals surface area contributed by atoms with Gasteiger partial charge in [-0.1, -0.05) is 35.3 Å². The second kappa shape index (κ2) is 6.28. The second-order valence-electron chi connectivity index (χ2n) is 5.77. The van der Waals surface area contributed by atoms with E-state index in [4.69, 9.17) is 27.9 Å². The summed E-state index contributed by atoms with van der Waals surface area (Å²) in [5.41, 5.74) is 0.0446. The third-order valence-corrected chi connectivity index (χ3v) is 4.84. The Labute approximate surface area is 161 Å². The van der Waals surface area contributed by atoms with Crippen molar-refractivity contribution in [2.75, 3.05) is 7.11 Å². The number of alkyl halides is 3. The zero-order chi connectivity index (χ0) is 19.3. The van der Waals surface area contributed by atoms with Crippen molar-refractivity contribution >= 4 is 39.5 Å². The number of pyridine rings is 2. The molecule has 3 aromatic heterocycles. The molecule has 4 aromatic rings. The zero-order valence-corrected chi connectivity index (χ0v) is 15.2. The lowest BCUT2D eigenvalue weighted by molar-refractivity contribution is -0.141. The van der Waals surface area contributed by atoms with Gasteiger partial charge in [0.2, 0.25) is 5.88 Å². The number of hydrogen-bond acceptors (Lipinski definition) is 3. The molecule has 27 heavy (non-hydrogen) atoms. The van der Waals surface area contributed by atoms with E-state index in [1.807, 2.05) is 0 Å². The van der Waals surface area contributed by atoms with Gasteiger partial charge in [0.1, 0.15) is 0 Å². The van der Waals surface area contributed by atoms with Gasteiger partial charge in [-0.2, -0.15) is 22.8 Å². The largest absolute Gasteiger partial charge is 0.481 e. The molecule has 0 fully saturated rings. The predicted octanol–water partition coefficient (Wildman–Crippen LogP) is 5.88. The van der Waals surface area contributed by atoms with Crippen molar-refractivity contribution in [3.05, 3.63) is 58.5 Å². The van der Waals surface area contributed by atoms with Gasteiger partial charge >= 0.3 is 6.18 Å². The molecular weight excluding hydrogens is 402 g/mol. The van der Waals surface area contributed by atoms with Gasteiger partial charge in [0.25, 0.3) is 0 Å². The van der Waals surface area contributed by atoms with Crippen molar-refractivity contribution in [3.8, 4) is 17.0 Å². The Bertz CT molecular complexity index is 1190. The Hall–Kier alpha value is -2.51. The molecular formula is C18H10Cl2F3N3O. The molecule has 0 N–H and O–H groups in total. The van der Waals surface area contributed by atoms with Gasteiger partial charge < -0.3 is 4.74 Å². The van der Waals surface area contributed by atoms with E-state index in [1.165, 1.54) is 19.4 Å². The van der Waals surface area contributed by atoms with Crippen molar-refractivity contribution < 1.29 is 17.9 Å². The summed E-state index contributed by atoms with van der Waals surface area (Å²) in [5.74, 6) is 0.133. The second-order valence-corrected chi connectivity index (χ2v) is 6.55. The minimum absolute atomic E-state index is 0.105. The minimum Gasteiger partial charge on any atom is -0.481 e. The molecule has 0 amide bonds. The Morgan fingerprint density at radius 2 is 1.85 bits per heavy atom. The Morgan fingerprint density at radius 3 is 2.56 bits per heavy atom. The van der Waals surface area contributed by atoms with Crippen LogP contribution in [0.4, 0.5) is 13.2 Å². The number of hydrogen-bond donors (Lipinski definition) is 0. The van der Waals surface area contributed by atoms with Gasteiger partial charge in [0, 0.05) is 34.8 Å². The number of aromatic nitrogens is 3. The Balaban J connectivity index is 2.05. The van der Waals surface area contributed by atoms with Crippen LogP contribution in [0.3, 0.4) is 0 Å². The maximum absolute atomic E-state index is 13.3. The SMILES string of the molecule is COc1ccc(-c2ccc3cncc(Cl)c3c2)c2c(Cl)c(C(F)(F)F)nn12. The highest BCUT2D eigenvalue weighted by atomic mass is 35.5. The van der Waals surface area contributed by atoms with Gasteiger partial charge in [-0.3, -0.25) is 4.98 Å². The highest BCUT2D eigenvalue weighted by Gasteiger charge is 2.38. The van der Waals surface area contributed by atoms with Crippen LogP contribution in [-0.2, 0) is 6.18 Å². The molecule has 4 nitrogen and oxygen atoms in total. The first-order chi connectivity index (χ1) is 12.8. The maximum Gasteiger partial charge on any atom is 0.436 e. The first kappa shape index (κ1) is 17.9. The molecule has 0 unspecified atom stereocenters. The minimum atomic E-state index is -4.69. The molecule has 4 rings (SSSR count). The standard InChI is InChI=1S/C18H10Cl2F3N3O/c1-27-14-5-4-11(16-15(20)17(18(21,22)23)25-26(14)16)9-2-3-10-7-24-8-13(19)12(10)6-9/h2-8H,1H3. The van der Waals surface area contributed by atoms with Crippen molar-refractivity contribution in [1.82, 2.24) is 14.6 Å². The summed E-state index contributed by atoms with van der Waals surface area (Å²) in [6, 6.07) is 8.50. The summed E-state index contributed by atoms with van der Waals surface area (Å²) < 4.78 is 46.1. The fourth-order valence-corrected chi connectivity index (χ4v) is 3.51. The first-order valence-corrected chi connectivity index (χ1v) is 8.43. The summed E-state index contributed by atoms with van der Waals surface area (Å²) in [5, 5.41) is 5.11. The van der Waals surface area contributed by atoms with Gasteiger partial charge in [0.05, 0.1) is 22.7 Å². The molecule has 0 radical (unpaired) electrons. The van der Waals surface area contributed by atoms with Gasteiger partial charge in [-0.15, -0.1) is 0 Å². The molecule has 0 aliphatic carbocycles. The summed E-state index contributed by atoms with van der Waals surface area (Å²) in [7, 11) is 1.35. The normalized spacial score (nSPS) is 12.1. The van der Waals surface area contributed by atoms with Gasteiger partial charge in [-0.05, 0) is 17.7 Å².